The Morgan fingerprint density at radius 1 is 0.481 bits per heavy atom. The molecule has 0 N–H and O–H groups in total. The van der Waals surface area contributed by atoms with E-state index in [0.717, 1.165) is 67.5 Å². The first kappa shape index (κ1) is 30.9. The smallest absolute Gasteiger partial charge is 0.164 e. The number of nitriles is 1. The average molecular weight is 671 g/mol. The van der Waals surface area contributed by atoms with Crippen molar-refractivity contribution in [1.82, 2.24) is 15.0 Å². The molecular formula is C48H38N4. The summed E-state index contributed by atoms with van der Waals surface area (Å²) in [6, 6.07) is 50.9. The van der Waals surface area contributed by atoms with Gasteiger partial charge in [0, 0.05) is 22.1 Å². The summed E-state index contributed by atoms with van der Waals surface area (Å²) in [5, 5.41) is 12.1. The summed E-state index contributed by atoms with van der Waals surface area (Å²) in [7, 11) is 0. The van der Waals surface area contributed by atoms with E-state index in [9.17, 15) is 5.26 Å². The fraction of sp³-hybridized carbons (Fsp3) is 0.208. The highest BCUT2D eigenvalue weighted by atomic mass is 15.0. The maximum Gasteiger partial charge on any atom is 0.164 e. The Kier molecular flexibility index (Phi) is 7.35. The molecule has 4 fully saturated rings. The first-order chi connectivity index (χ1) is 25.6. The SMILES string of the molecule is N#Cc1cccc2c(-c3nc(-c4ccc(C56C[C@H]7C[C@@H](C5)C[C@@H](C6)C7)cc4)nc(-c4cccc(-c5ccccc5)c4)n3)ccc(-c3ccccc3)c12. The van der Waals surface area contributed by atoms with Crippen LogP contribution >= 0.6 is 0 Å². The zero-order chi connectivity index (χ0) is 34.6. The number of nitrogens with zero attached hydrogens (tertiary/aromatic N) is 4. The van der Waals surface area contributed by atoms with Crippen LogP contribution in [0.4, 0.5) is 0 Å². The lowest BCUT2D eigenvalue weighted by atomic mass is 9.48. The Balaban J connectivity index is 1.13. The first-order valence-corrected chi connectivity index (χ1v) is 18.7. The van der Waals surface area contributed by atoms with Crippen molar-refractivity contribution in [2.24, 2.45) is 17.8 Å². The Morgan fingerprint density at radius 2 is 1.04 bits per heavy atom. The van der Waals surface area contributed by atoms with Gasteiger partial charge in [-0.05, 0) is 113 Å². The maximum atomic E-state index is 10.3. The van der Waals surface area contributed by atoms with Crippen LogP contribution in [0, 0.1) is 29.1 Å². The van der Waals surface area contributed by atoms with E-state index >= 15 is 0 Å². The number of aromatic nitrogens is 3. The Bertz CT molecular complexity index is 2460. The minimum absolute atomic E-state index is 0.332. The van der Waals surface area contributed by atoms with Crippen molar-refractivity contribution in [3.8, 4) is 62.5 Å². The van der Waals surface area contributed by atoms with Crippen LogP contribution < -0.4 is 0 Å². The van der Waals surface area contributed by atoms with Crippen molar-refractivity contribution in [2.45, 2.75) is 43.9 Å². The third-order valence-electron chi connectivity index (χ3n) is 12.1. The van der Waals surface area contributed by atoms with E-state index in [-0.39, 0.29) is 0 Å². The molecule has 4 aliphatic rings. The third kappa shape index (κ3) is 5.31. The fourth-order valence-electron chi connectivity index (χ4n) is 10.2. The molecule has 0 aliphatic heterocycles. The van der Waals surface area contributed by atoms with Gasteiger partial charge in [-0.3, -0.25) is 0 Å². The van der Waals surface area contributed by atoms with Crippen LogP contribution in [-0.4, -0.2) is 15.0 Å². The molecular weight excluding hydrogens is 633 g/mol. The largest absolute Gasteiger partial charge is 0.208 e. The Hall–Kier alpha value is -5.92. The number of hydrogen-bond donors (Lipinski definition) is 0. The van der Waals surface area contributed by atoms with Crippen LogP contribution in [0.15, 0.2) is 140 Å². The van der Waals surface area contributed by atoms with Crippen molar-refractivity contribution < 1.29 is 0 Å². The molecule has 0 saturated heterocycles. The second-order valence-corrected chi connectivity index (χ2v) is 15.4. The predicted molar refractivity (Wildman–Crippen MR) is 209 cm³/mol. The van der Waals surface area contributed by atoms with E-state index in [1.165, 1.54) is 44.1 Å². The zero-order valence-electron chi connectivity index (χ0n) is 29.0. The molecule has 4 bridgehead atoms. The molecule has 0 radical (unpaired) electrons. The molecule has 1 heterocycles. The highest BCUT2D eigenvalue weighted by Gasteiger charge is 2.51. The van der Waals surface area contributed by atoms with E-state index in [4.69, 9.17) is 15.0 Å². The quantitative estimate of drug-likeness (QED) is 0.177. The number of rotatable bonds is 6. The van der Waals surface area contributed by atoms with Gasteiger partial charge in [-0.25, -0.2) is 15.0 Å². The second-order valence-electron chi connectivity index (χ2n) is 15.4. The maximum absolute atomic E-state index is 10.3. The van der Waals surface area contributed by atoms with Crippen molar-refractivity contribution in [1.29, 1.82) is 5.26 Å². The summed E-state index contributed by atoms with van der Waals surface area (Å²) in [6.07, 6.45) is 8.34. The van der Waals surface area contributed by atoms with Crippen LogP contribution in [0.25, 0.3) is 67.2 Å². The average Bonchev–Trinajstić information content (AvgIpc) is 3.20. The van der Waals surface area contributed by atoms with Gasteiger partial charge in [0.25, 0.3) is 0 Å². The zero-order valence-corrected chi connectivity index (χ0v) is 29.0. The highest BCUT2D eigenvalue weighted by molar-refractivity contribution is 6.07. The molecule has 0 atom stereocenters. The summed E-state index contributed by atoms with van der Waals surface area (Å²) in [5.74, 6) is 4.57. The Labute approximate surface area is 304 Å². The molecule has 0 spiro atoms. The van der Waals surface area contributed by atoms with Crippen LogP contribution in [0.2, 0.25) is 0 Å². The van der Waals surface area contributed by atoms with Crippen molar-refractivity contribution in [3.63, 3.8) is 0 Å². The van der Waals surface area contributed by atoms with E-state index in [0.29, 0.717) is 28.5 Å². The molecule has 7 aromatic rings. The van der Waals surface area contributed by atoms with Crippen molar-refractivity contribution in [3.05, 3.63) is 151 Å². The molecule has 11 rings (SSSR count). The van der Waals surface area contributed by atoms with Crippen LogP contribution in [0.1, 0.15) is 49.7 Å². The molecule has 1 aromatic heterocycles. The van der Waals surface area contributed by atoms with E-state index in [2.05, 4.69) is 109 Å². The van der Waals surface area contributed by atoms with Crippen LogP contribution in [-0.2, 0) is 5.41 Å². The second kappa shape index (κ2) is 12.4. The summed E-state index contributed by atoms with van der Waals surface area (Å²) < 4.78 is 0. The molecule has 250 valence electrons. The van der Waals surface area contributed by atoms with Gasteiger partial charge in [-0.15, -0.1) is 0 Å². The van der Waals surface area contributed by atoms with Crippen molar-refractivity contribution >= 4 is 10.8 Å². The normalized spacial score (nSPS) is 21.6. The molecule has 6 aromatic carbocycles. The lowest BCUT2D eigenvalue weighted by Crippen LogP contribution is -2.48. The number of benzene rings is 6. The van der Waals surface area contributed by atoms with E-state index in [1.54, 1.807) is 0 Å². The number of hydrogen-bond acceptors (Lipinski definition) is 4. The van der Waals surface area contributed by atoms with E-state index in [1.807, 2.05) is 36.4 Å². The molecule has 4 aliphatic carbocycles. The lowest BCUT2D eigenvalue weighted by molar-refractivity contribution is -0.00518. The molecule has 0 unspecified atom stereocenters. The summed E-state index contributed by atoms with van der Waals surface area (Å²) in [4.78, 5) is 15.5. The molecule has 4 heteroatoms. The topological polar surface area (TPSA) is 62.5 Å². The first-order valence-electron chi connectivity index (χ1n) is 18.7. The van der Waals surface area contributed by atoms with E-state index < -0.39 is 0 Å². The summed E-state index contributed by atoms with van der Waals surface area (Å²) >= 11 is 0. The van der Waals surface area contributed by atoms with Gasteiger partial charge >= 0.3 is 0 Å². The Morgan fingerprint density at radius 3 is 1.71 bits per heavy atom. The lowest BCUT2D eigenvalue weighted by Gasteiger charge is -2.57. The monoisotopic (exact) mass is 670 g/mol. The van der Waals surface area contributed by atoms with Gasteiger partial charge in [-0.1, -0.05) is 121 Å². The minimum Gasteiger partial charge on any atom is -0.208 e. The van der Waals surface area contributed by atoms with Gasteiger partial charge in [-0.2, -0.15) is 5.26 Å². The molecule has 4 saturated carbocycles. The van der Waals surface area contributed by atoms with Gasteiger partial charge in [0.05, 0.1) is 11.6 Å². The van der Waals surface area contributed by atoms with Crippen molar-refractivity contribution in [2.75, 3.05) is 0 Å². The van der Waals surface area contributed by atoms with Gasteiger partial charge in [0.1, 0.15) is 0 Å². The third-order valence-corrected chi connectivity index (χ3v) is 12.1. The van der Waals surface area contributed by atoms with Gasteiger partial charge < -0.3 is 0 Å². The van der Waals surface area contributed by atoms with Gasteiger partial charge in [0.2, 0.25) is 0 Å². The molecule has 0 amide bonds. The van der Waals surface area contributed by atoms with Crippen LogP contribution in [0.5, 0.6) is 0 Å². The standard InChI is InChI=1S/C48H38N4/c49-30-39-15-8-16-42-43(22-21-41(44(39)42)35-11-5-2-6-12-35)47-51-45(50-46(52-47)38-14-7-13-37(26-38)34-9-3-1-4-10-34)36-17-19-40(20-18-36)48-27-31-23-32(28-48)25-33(24-31)29-48/h1-22,26,31-33H,23-25,27-29H2/t31-,32+,33-,48?. The number of fused-ring (bicyclic) bond motifs is 1. The minimum atomic E-state index is 0.332. The van der Waals surface area contributed by atoms with Gasteiger partial charge in [0.15, 0.2) is 17.5 Å². The van der Waals surface area contributed by atoms with Crippen LogP contribution in [0.3, 0.4) is 0 Å². The fourth-order valence-corrected chi connectivity index (χ4v) is 10.2. The predicted octanol–water partition coefficient (Wildman–Crippen LogP) is 11.7. The summed E-state index contributed by atoms with van der Waals surface area (Å²) in [5.41, 5.74) is 9.58. The highest BCUT2D eigenvalue weighted by Crippen LogP contribution is 2.60. The molecule has 52 heavy (non-hydrogen) atoms. The summed E-state index contributed by atoms with van der Waals surface area (Å²) in [6.45, 7) is 0. The molecule has 4 nitrogen and oxygen atoms in total.